The summed E-state index contributed by atoms with van der Waals surface area (Å²) in [4.78, 5) is 18.9. The van der Waals surface area contributed by atoms with E-state index >= 15 is 0 Å². The molecule has 1 aliphatic heterocycles. The van der Waals surface area contributed by atoms with E-state index in [1.54, 1.807) is 13.1 Å². The minimum atomic E-state index is -0.301. The van der Waals surface area contributed by atoms with Crippen molar-refractivity contribution in [2.45, 2.75) is 32.9 Å². The topological polar surface area (TPSA) is 59.4 Å². The van der Waals surface area contributed by atoms with Gasteiger partial charge in [0.1, 0.15) is 6.54 Å². The van der Waals surface area contributed by atoms with E-state index in [0.717, 1.165) is 32.8 Å². The minimum Gasteiger partial charge on any atom is -0.465 e. The average molecular weight is 513 g/mol. The molecule has 166 valence electrons. The number of carbonyl (C=O) groups excluding carboxylic acids is 1. The lowest BCUT2D eigenvalue weighted by atomic mass is 9.97. The minimum absolute atomic E-state index is 0.0790. The highest BCUT2D eigenvalue weighted by atomic mass is 79.9. The first-order valence-corrected chi connectivity index (χ1v) is 11.7. The summed E-state index contributed by atoms with van der Waals surface area (Å²) in [5.74, 6) is -0.301. The van der Waals surface area contributed by atoms with Gasteiger partial charge in [-0.1, -0.05) is 22.0 Å². The number of aromatic nitrogens is 2. The maximum atomic E-state index is 12.4. The van der Waals surface area contributed by atoms with Gasteiger partial charge in [0.15, 0.2) is 5.11 Å². The maximum Gasteiger partial charge on any atom is 0.325 e. The SMILES string of the molecule is CCOC(=O)CN1C(=S)N[C@@H](c2ccccn2)[C@H]1c1cc(C)n(-c2ccc(Br)cc2)c1C. The van der Waals surface area contributed by atoms with Crippen molar-refractivity contribution in [3.63, 3.8) is 0 Å². The standard InChI is InChI=1S/C24H25BrN4O2S/c1-4-31-21(30)14-28-23(22(27-24(28)32)20-7-5-6-12-26-20)19-13-15(2)29(16(19)3)18-10-8-17(25)9-11-18/h5-13,22-23H,4,14H2,1-3H3,(H,27,32)/t22-,23+/m0/s1. The zero-order chi connectivity index (χ0) is 22.8. The molecule has 4 rings (SSSR count). The van der Waals surface area contributed by atoms with E-state index in [-0.39, 0.29) is 24.6 Å². The largest absolute Gasteiger partial charge is 0.465 e. The Balaban J connectivity index is 1.80. The Labute approximate surface area is 201 Å². The number of hydrogen-bond donors (Lipinski definition) is 1. The number of ether oxygens (including phenoxy) is 1. The number of benzene rings is 1. The van der Waals surface area contributed by atoms with E-state index in [1.807, 2.05) is 35.2 Å². The molecular weight excluding hydrogens is 488 g/mol. The normalized spacial score (nSPS) is 18.0. The third-order valence-electron chi connectivity index (χ3n) is 5.68. The maximum absolute atomic E-state index is 12.4. The Morgan fingerprint density at radius 1 is 1.22 bits per heavy atom. The fourth-order valence-corrected chi connectivity index (χ4v) is 4.90. The smallest absolute Gasteiger partial charge is 0.325 e. The molecule has 8 heteroatoms. The fraction of sp³-hybridized carbons (Fsp3) is 0.292. The quantitative estimate of drug-likeness (QED) is 0.378. The number of nitrogens with zero attached hydrogens (tertiary/aromatic N) is 3. The molecule has 32 heavy (non-hydrogen) atoms. The summed E-state index contributed by atoms with van der Waals surface area (Å²) in [7, 11) is 0. The van der Waals surface area contributed by atoms with Crippen LogP contribution >= 0.6 is 28.1 Å². The molecule has 0 bridgehead atoms. The van der Waals surface area contributed by atoms with E-state index in [9.17, 15) is 4.79 Å². The zero-order valence-corrected chi connectivity index (χ0v) is 20.6. The van der Waals surface area contributed by atoms with Gasteiger partial charge < -0.3 is 19.5 Å². The van der Waals surface area contributed by atoms with Crippen molar-refractivity contribution in [2.24, 2.45) is 0 Å². The fourth-order valence-electron chi connectivity index (χ4n) is 4.33. The first-order chi connectivity index (χ1) is 15.4. The molecule has 2 atom stereocenters. The number of hydrogen-bond acceptors (Lipinski definition) is 4. The Bertz CT molecular complexity index is 1130. The van der Waals surface area contributed by atoms with Crippen LogP contribution in [0.2, 0.25) is 0 Å². The molecule has 1 aliphatic rings. The number of esters is 1. The molecule has 1 N–H and O–H groups in total. The van der Waals surface area contributed by atoms with Crippen molar-refractivity contribution in [2.75, 3.05) is 13.2 Å². The third-order valence-corrected chi connectivity index (χ3v) is 6.56. The van der Waals surface area contributed by atoms with Crippen LogP contribution in [-0.2, 0) is 9.53 Å². The summed E-state index contributed by atoms with van der Waals surface area (Å²) in [5.41, 5.74) is 5.25. The monoisotopic (exact) mass is 512 g/mol. The molecule has 3 heterocycles. The second kappa shape index (κ2) is 9.42. The van der Waals surface area contributed by atoms with Crippen LogP contribution in [-0.4, -0.2) is 38.7 Å². The highest BCUT2D eigenvalue weighted by Crippen LogP contribution is 2.41. The van der Waals surface area contributed by atoms with E-state index in [0.29, 0.717) is 11.7 Å². The van der Waals surface area contributed by atoms with Gasteiger partial charge in [0.25, 0.3) is 0 Å². The van der Waals surface area contributed by atoms with Crippen LogP contribution in [0.15, 0.2) is 59.2 Å². The highest BCUT2D eigenvalue weighted by Gasteiger charge is 2.42. The molecule has 0 aliphatic carbocycles. The van der Waals surface area contributed by atoms with Crippen molar-refractivity contribution >= 4 is 39.2 Å². The second-order valence-electron chi connectivity index (χ2n) is 7.70. The molecule has 1 saturated heterocycles. The number of halogens is 1. The van der Waals surface area contributed by atoms with Gasteiger partial charge in [-0.2, -0.15) is 0 Å². The van der Waals surface area contributed by atoms with Gasteiger partial charge in [0.2, 0.25) is 0 Å². The van der Waals surface area contributed by atoms with E-state index in [4.69, 9.17) is 17.0 Å². The van der Waals surface area contributed by atoms with Gasteiger partial charge in [-0.25, -0.2) is 0 Å². The van der Waals surface area contributed by atoms with E-state index in [1.165, 1.54) is 0 Å². The average Bonchev–Trinajstić information content (AvgIpc) is 3.25. The van der Waals surface area contributed by atoms with Gasteiger partial charge >= 0.3 is 5.97 Å². The predicted molar refractivity (Wildman–Crippen MR) is 132 cm³/mol. The summed E-state index contributed by atoms with van der Waals surface area (Å²) in [5, 5.41) is 3.91. The van der Waals surface area contributed by atoms with Crippen molar-refractivity contribution in [1.82, 2.24) is 19.8 Å². The highest BCUT2D eigenvalue weighted by molar-refractivity contribution is 9.10. The van der Waals surface area contributed by atoms with Gasteiger partial charge in [0.05, 0.1) is 24.4 Å². The van der Waals surface area contributed by atoms with Gasteiger partial charge in [-0.05, 0) is 81.0 Å². The van der Waals surface area contributed by atoms with Crippen LogP contribution in [0.5, 0.6) is 0 Å². The van der Waals surface area contributed by atoms with Crippen LogP contribution in [0.25, 0.3) is 5.69 Å². The molecular formula is C24H25BrN4O2S. The summed E-state index contributed by atoms with van der Waals surface area (Å²) < 4.78 is 8.48. The molecule has 1 fully saturated rings. The molecule has 0 radical (unpaired) electrons. The third kappa shape index (κ3) is 4.29. The molecule has 0 saturated carbocycles. The van der Waals surface area contributed by atoms with E-state index < -0.39 is 0 Å². The predicted octanol–water partition coefficient (Wildman–Crippen LogP) is 4.79. The molecule has 6 nitrogen and oxygen atoms in total. The zero-order valence-electron chi connectivity index (χ0n) is 18.2. The first kappa shape index (κ1) is 22.5. The number of thiocarbonyl (C=S) groups is 1. The van der Waals surface area contributed by atoms with Crippen LogP contribution in [0, 0.1) is 13.8 Å². The van der Waals surface area contributed by atoms with Crippen molar-refractivity contribution in [1.29, 1.82) is 0 Å². The van der Waals surface area contributed by atoms with Crippen LogP contribution < -0.4 is 5.32 Å². The number of pyridine rings is 1. The summed E-state index contributed by atoms with van der Waals surface area (Å²) in [6.45, 7) is 6.40. The molecule has 0 spiro atoms. The Hall–Kier alpha value is -2.71. The molecule has 3 aromatic rings. The van der Waals surface area contributed by atoms with Gasteiger partial charge in [-0.15, -0.1) is 0 Å². The number of rotatable bonds is 6. The first-order valence-electron chi connectivity index (χ1n) is 10.5. The van der Waals surface area contributed by atoms with Crippen LogP contribution in [0.3, 0.4) is 0 Å². The molecule has 0 amide bonds. The number of aryl methyl sites for hydroxylation is 1. The number of nitrogens with one attached hydrogen (secondary N) is 1. The van der Waals surface area contributed by atoms with Gasteiger partial charge in [0, 0.05) is 27.7 Å². The molecule has 1 aromatic carbocycles. The van der Waals surface area contributed by atoms with Gasteiger partial charge in [-0.3, -0.25) is 9.78 Å². The lowest BCUT2D eigenvalue weighted by Crippen LogP contribution is -2.35. The Kier molecular flexibility index (Phi) is 6.62. The summed E-state index contributed by atoms with van der Waals surface area (Å²) in [6, 6.07) is 15.9. The summed E-state index contributed by atoms with van der Waals surface area (Å²) in [6.07, 6.45) is 1.77. The van der Waals surface area contributed by atoms with Crippen molar-refractivity contribution in [3.8, 4) is 5.69 Å². The van der Waals surface area contributed by atoms with E-state index in [2.05, 4.69) is 62.8 Å². The lowest BCUT2D eigenvalue weighted by molar-refractivity contribution is -0.143. The second-order valence-corrected chi connectivity index (χ2v) is 9.00. The Morgan fingerprint density at radius 3 is 2.62 bits per heavy atom. The van der Waals surface area contributed by atoms with Crippen molar-refractivity contribution < 1.29 is 9.53 Å². The number of carbonyl (C=O) groups is 1. The summed E-state index contributed by atoms with van der Waals surface area (Å²) >= 11 is 9.16. The molecule has 0 unspecified atom stereocenters. The molecule has 2 aromatic heterocycles. The van der Waals surface area contributed by atoms with Crippen LogP contribution in [0.1, 0.15) is 41.7 Å². The Morgan fingerprint density at radius 2 is 1.97 bits per heavy atom. The van der Waals surface area contributed by atoms with Crippen LogP contribution in [0.4, 0.5) is 0 Å². The lowest BCUT2D eigenvalue weighted by Gasteiger charge is -2.27. The van der Waals surface area contributed by atoms with Crippen molar-refractivity contribution in [3.05, 3.63) is 81.8 Å².